The zero-order chi connectivity index (χ0) is 18.8. The second kappa shape index (κ2) is 7.71. The number of carbonyl (C=O) groups excluding carboxylic acids is 2. The Morgan fingerprint density at radius 2 is 2.07 bits per heavy atom. The van der Waals surface area contributed by atoms with Crippen LogP contribution in [0.15, 0.2) is 46.3 Å². The normalized spacial score (nSPS) is 16.4. The molecule has 0 fully saturated rings. The number of nitrogens with zero attached hydrogens (tertiary/aromatic N) is 3. The summed E-state index contributed by atoms with van der Waals surface area (Å²) < 4.78 is 5.18. The lowest BCUT2D eigenvalue weighted by Gasteiger charge is -2.20. The number of rotatable bonds is 5. The van der Waals surface area contributed by atoms with Gasteiger partial charge in [0.1, 0.15) is 4.88 Å². The van der Waals surface area contributed by atoms with Crippen molar-refractivity contribution in [2.24, 2.45) is 5.10 Å². The first-order chi connectivity index (χ1) is 13.1. The summed E-state index contributed by atoms with van der Waals surface area (Å²) in [7, 11) is 0. The fraction of sp³-hybridized carbons (Fsp3) is 0.222. The van der Waals surface area contributed by atoms with E-state index < -0.39 is 5.97 Å². The smallest absolute Gasteiger partial charge is 0.350 e. The first-order valence-electron chi connectivity index (χ1n) is 8.18. The van der Waals surface area contributed by atoms with Crippen molar-refractivity contribution < 1.29 is 14.3 Å². The van der Waals surface area contributed by atoms with Crippen LogP contribution in [0.1, 0.15) is 36.9 Å². The molecule has 1 aliphatic heterocycles. The molecule has 1 amide bonds. The molecule has 27 heavy (non-hydrogen) atoms. The van der Waals surface area contributed by atoms with Gasteiger partial charge in [-0.3, -0.25) is 4.79 Å². The second-order valence-corrected chi connectivity index (χ2v) is 8.98. The van der Waals surface area contributed by atoms with E-state index in [2.05, 4.69) is 10.1 Å². The Hall–Kier alpha value is -2.36. The average molecular weight is 418 g/mol. The second-order valence-electron chi connectivity index (χ2n) is 5.82. The van der Waals surface area contributed by atoms with Gasteiger partial charge in [-0.25, -0.2) is 14.8 Å². The highest BCUT2D eigenvalue weighted by atomic mass is 32.1. The minimum absolute atomic E-state index is 0.168. The highest BCUT2D eigenvalue weighted by molar-refractivity contribution is 7.13. The molecule has 0 radical (unpaired) electrons. The molecule has 4 rings (SSSR count). The number of hydrazone groups is 1. The molecule has 0 aliphatic carbocycles. The van der Waals surface area contributed by atoms with Gasteiger partial charge >= 0.3 is 5.97 Å². The predicted molar refractivity (Wildman–Crippen MR) is 107 cm³/mol. The summed E-state index contributed by atoms with van der Waals surface area (Å²) in [6, 6.07) is 7.74. The highest BCUT2D eigenvalue weighted by Crippen LogP contribution is 2.35. The molecule has 0 spiro atoms. The molecule has 0 saturated heterocycles. The highest BCUT2D eigenvalue weighted by Gasteiger charge is 2.34. The van der Waals surface area contributed by atoms with E-state index in [1.165, 1.54) is 22.5 Å². The molecule has 0 saturated carbocycles. The van der Waals surface area contributed by atoms with Gasteiger partial charge in [0, 0.05) is 11.3 Å². The molecule has 6 nitrogen and oxygen atoms in total. The first-order valence-corrected chi connectivity index (χ1v) is 10.8. The van der Waals surface area contributed by atoms with Crippen molar-refractivity contribution in [1.82, 2.24) is 9.99 Å². The molecule has 3 aromatic rings. The topological polar surface area (TPSA) is 71.9 Å². The molecule has 138 valence electrons. The molecule has 1 atom stereocenters. The third-order valence-corrected chi connectivity index (χ3v) is 6.78. The van der Waals surface area contributed by atoms with Crippen molar-refractivity contribution in [2.45, 2.75) is 19.4 Å². The molecule has 0 N–H and O–H groups in total. The van der Waals surface area contributed by atoms with Gasteiger partial charge in [0.05, 0.1) is 27.8 Å². The number of carbonyl (C=O) groups is 2. The molecule has 0 aromatic carbocycles. The maximum Gasteiger partial charge on any atom is 0.350 e. The van der Waals surface area contributed by atoms with E-state index in [9.17, 15) is 9.59 Å². The third kappa shape index (κ3) is 3.85. The number of aryl methyl sites for hydroxylation is 1. The SMILES string of the molecule is Cc1ncc(C(=O)OCC(=O)N2N=C(c3cccs3)CC2c2cccs2)s1. The Bertz CT molecular complexity index is 977. The number of aromatic nitrogens is 1. The monoisotopic (exact) mass is 417 g/mol. The summed E-state index contributed by atoms with van der Waals surface area (Å²) in [5.41, 5.74) is 0.876. The average Bonchev–Trinajstić information content (AvgIpc) is 3.45. The Kier molecular flexibility index (Phi) is 5.15. The van der Waals surface area contributed by atoms with Crippen molar-refractivity contribution in [1.29, 1.82) is 0 Å². The molecule has 0 bridgehead atoms. The summed E-state index contributed by atoms with van der Waals surface area (Å²) in [6.07, 6.45) is 2.11. The Morgan fingerprint density at radius 1 is 1.26 bits per heavy atom. The van der Waals surface area contributed by atoms with E-state index in [1.54, 1.807) is 22.7 Å². The Balaban J connectivity index is 1.49. The summed E-state index contributed by atoms with van der Waals surface area (Å²) in [5.74, 6) is -0.877. The molecule has 1 unspecified atom stereocenters. The molecule has 4 heterocycles. The Morgan fingerprint density at radius 3 is 2.74 bits per heavy atom. The van der Waals surface area contributed by atoms with Gasteiger partial charge in [0.25, 0.3) is 5.91 Å². The maximum absolute atomic E-state index is 12.7. The summed E-state index contributed by atoms with van der Waals surface area (Å²) in [4.78, 5) is 31.3. The number of hydrogen-bond donors (Lipinski definition) is 0. The largest absolute Gasteiger partial charge is 0.451 e. The van der Waals surface area contributed by atoms with Crippen LogP contribution >= 0.6 is 34.0 Å². The third-order valence-electron chi connectivity index (χ3n) is 3.99. The lowest BCUT2D eigenvalue weighted by Crippen LogP contribution is -2.31. The van der Waals surface area contributed by atoms with Crippen LogP contribution in [0.5, 0.6) is 0 Å². The summed E-state index contributed by atoms with van der Waals surface area (Å²) >= 11 is 4.42. The van der Waals surface area contributed by atoms with E-state index >= 15 is 0 Å². The number of thiazole rings is 1. The van der Waals surface area contributed by atoms with Gasteiger partial charge in [-0.05, 0) is 29.8 Å². The molecule has 3 aromatic heterocycles. The summed E-state index contributed by atoms with van der Waals surface area (Å²) in [5, 5.41) is 10.7. The van der Waals surface area contributed by atoms with Gasteiger partial charge in [-0.15, -0.1) is 34.0 Å². The molecular formula is C18H15N3O3S3. The van der Waals surface area contributed by atoms with Gasteiger partial charge < -0.3 is 4.74 Å². The van der Waals surface area contributed by atoms with E-state index in [1.807, 2.05) is 41.9 Å². The zero-order valence-electron chi connectivity index (χ0n) is 14.3. The van der Waals surface area contributed by atoms with Crippen molar-refractivity contribution in [3.05, 3.63) is 60.9 Å². The number of ether oxygens (including phenoxy) is 1. The number of thiophene rings is 2. The standard InChI is InChI=1S/C18H15N3O3S3/c1-11-19-9-16(27-11)18(23)24-10-17(22)21-13(15-5-3-7-26-15)8-12(20-21)14-4-2-6-25-14/h2-7,9,13H,8,10H2,1H3. The predicted octanol–water partition coefficient (Wildman–Crippen LogP) is 4.11. The quantitative estimate of drug-likeness (QED) is 0.586. The van der Waals surface area contributed by atoms with E-state index in [0.29, 0.717) is 11.3 Å². The van der Waals surface area contributed by atoms with Crippen molar-refractivity contribution >= 4 is 51.6 Å². The van der Waals surface area contributed by atoms with Gasteiger partial charge in [0.15, 0.2) is 6.61 Å². The van der Waals surface area contributed by atoms with Crippen LogP contribution in [-0.4, -0.2) is 34.2 Å². The van der Waals surface area contributed by atoms with Crippen LogP contribution < -0.4 is 0 Å². The Labute approximate surface area is 167 Å². The lowest BCUT2D eigenvalue weighted by atomic mass is 10.1. The number of amides is 1. The van der Waals surface area contributed by atoms with Crippen molar-refractivity contribution in [2.75, 3.05) is 6.61 Å². The van der Waals surface area contributed by atoms with Crippen molar-refractivity contribution in [3.63, 3.8) is 0 Å². The molecule has 9 heteroatoms. The lowest BCUT2D eigenvalue weighted by molar-refractivity contribution is -0.136. The molecule has 1 aliphatic rings. The fourth-order valence-electron chi connectivity index (χ4n) is 2.75. The van der Waals surface area contributed by atoms with E-state index in [0.717, 1.165) is 20.5 Å². The van der Waals surface area contributed by atoms with Gasteiger partial charge in [-0.2, -0.15) is 5.10 Å². The van der Waals surface area contributed by atoms with Crippen LogP contribution in [0.4, 0.5) is 0 Å². The zero-order valence-corrected chi connectivity index (χ0v) is 16.8. The van der Waals surface area contributed by atoms with Gasteiger partial charge in [-0.1, -0.05) is 12.1 Å². The van der Waals surface area contributed by atoms with Crippen LogP contribution in [0.25, 0.3) is 0 Å². The van der Waals surface area contributed by atoms with E-state index in [-0.39, 0.29) is 18.6 Å². The van der Waals surface area contributed by atoms with Gasteiger partial charge in [0.2, 0.25) is 0 Å². The summed E-state index contributed by atoms with van der Waals surface area (Å²) in [6.45, 7) is 1.46. The van der Waals surface area contributed by atoms with Crippen LogP contribution in [0, 0.1) is 6.92 Å². The van der Waals surface area contributed by atoms with E-state index in [4.69, 9.17) is 4.74 Å². The van der Waals surface area contributed by atoms with Crippen LogP contribution in [0.2, 0.25) is 0 Å². The molecular weight excluding hydrogens is 402 g/mol. The number of hydrogen-bond acceptors (Lipinski definition) is 8. The minimum Gasteiger partial charge on any atom is -0.451 e. The van der Waals surface area contributed by atoms with Crippen molar-refractivity contribution in [3.8, 4) is 0 Å². The van der Waals surface area contributed by atoms with Crippen LogP contribution in [-0.2, 0) is 9.53 Å². The minimum atomic E-state index is -0.539. The maximum atomic E-state index is 12.7. The number of esters is 1. The first kappa shape index (κ1) is 18.0. The van der Waals surface area contributed by atoms with Crippen LogP contribution in [0.3, 0.4) is 0 Å². The fourth-order valence-corrected chi connectivity index (χ4v) is 4.96.